The van der Waals surface area contributed by atoms with Gasteiger partial charge in [0, 0.05) is 10.5 Å². The van der Waals surface area contributed by atoms with Crippen LogP contribution < -0.4 is 11.2 Å². The summed E-state index contributed by atoms with van der Waals surface area (Å²) < 4.78 is 13.4. The number of aromatic amines is 1. The lowest BCUT2D eigenvalue weighted by atomic mass is 10.2. The Balaban J connectivity index is 2.14. The summed E-state index contributed by atoms with van der Waals surface area (Å²) in [4.78, 5) is 28.1. The number of nitrogens with zero attached hydrogens (tertiary/aromatic N) is 1. The van der Waals surface area contributed by atoms with Crippen LogP contribution in [0.3, 0.4) is 0 Å². The van der Waals surface area contributed by atoms with Crippen LogP contribution in [0.5, 0.6) is 0 Å². The van der Waals surface area contributed by atoms with E-state index in [2.05, 4.69) is 38.8 Å². The number of hydrogen-bond donors (Lipinski definition) is 1. The summed E-state index contributed by atoms with van der Waals surface area (Å²) >= 11 is 1.40. The number of hydrogen-bond acceptors (Lipinski definition) is 5. The van der Waals surface area contributed by atoms with E-state index < -0.39 is 14.0 Å². The largest absolute Gasteiger partial charge is 0.414 e. The fraction of sp³-hybridized carbons (Fsp3) is 0.524. The van der Waals surface area contributed by atoms with Crippen LogP contribution in [-0.4, -0.2) is 31.1 Å². The molecule has 1 aromatic carbocycles. The van der Waals surface area contributed by atoms with Gasteiger partial charge in [0.25, 0.3) is 5.56 Å². The molecule has 0 aliphatic carbocycles. The summed E-state index contributed by atoms with van der Waals surface area (Å²) in [5, 5.41) is 0.760. The molecule has 1 heterocycles. The zero-order valence-corrected chi connectivity index (χ0v) is 20.0. The van der Waals surface area contributed by atoms with Crippen molar-refractivity contribution in [2.45, 2.75) is 68.9 Å². The molecule has 6 nitrogen and oxygen atoms in total. The molecule has 0 spiro atoms. The Hall–Kier alpha value is -1.61. The Morgan fingerprint density at radius 3 is 2.34 bits per heavy atom. The van der Waals surface area contributed by atoms with Gasteiger partial charge in [0.2, 0.25) is 0 Å². The lowest BCUT2D eigenvalue weighted by molar-refractivity contribution is 0.0435. The lowest BCUT2D eigenvalue weighted by Gasteiger charge is -2.36. The van der Waals surface area contributed by atoms with E-state index in [-0.39, 0.29) is 17.3 Å². The molecule has 2 rings (SSSR count). The summed E-state index contributed by atoms with van der Waals surface area (Å²) in [6, 6.07) is 9.69. The second-order valence-corrected chi connectivity index (χ2v) is 14.3. The van der Waals surface area contributed by atoms with E-state index in [0.29, 0.717) is 30.2 Å². The molecule has 1 aromatic heterocycles. The molecule has 2 aromatic rings. The minimum atomic E-state index is -1.83. The predicted octanol–water partition coefficient (Wildman–Crippen LogP) is 4.25. The molecule has 0 bridgehead atoms. The number of nitrogens with one attached hydrogen (secondary N) is 1. The molecule has 0 radical (unpaired) electrons. The van der Waals surface area contributed by atoms with Crippen LogP contribution in [0.2, 0.25) is 18.1 Å². The minimum absolute atomic E-state index is 0.0681. The van der Waals surface area contributed by atoms with Crippen LogP contribution in [0.15, 0.2) is 49.8 Å². The average molecular weight is 437 g/mol. The standard InChI is InChI=1S/C21H32N2O4SSi/c1-7-17-18(24)22-20(25)23(19(17)28-16-11-9-8-10-12-16)15-26-13-14-27-29(5,6)21(2,3)4/h8-12H,7,13-15H2,1-6H3,(H,22,24,25). The highest BCUT2D eigenvalue weighted by Crippen LogP contribution is 2.36. The summed E-state index contributed by atoms with van der Waals surface area (Å²) in [7, 11) is -1.83. The van der Waals surface area contributed by atoms with Crippen molar-refractivity contribution in [3.63, 3.8) is 0 Å². The monoisotopic (exact) mass is 436 g/mol. The molecule has 0 aliphatic rings. The first-order chi connectivity index (χ1) is 13.6. The fourth-order valence-corrected chi connectivity index (χ4v) is 4.62. The van der Waals surface area contributed by atoms with Crippen molar-refractivity contribution in [3.05, 3.63) is 56.7 Å². The third kappa shape index (κ3) is 6.18. The Morgan fingerprint density at radius 2 is 1.76 bits per heavy atom. The minimum Gasteiger partial charge on any atom is -0.414 e. The van der Waals surface area contributed by atoms with Gasteiger partial charge in [-0.2, -0.15) is 0 Å². The van der Waals surface area contributed by atoms with Gasteiger partial charge in [-0.05, 0) is 36.7 Å². The number of aromatic nitrogens is 2. The first-order valence-corrected chi connectivity index (χ1v) is 13.6. The number of ether oxygens (including phenoxy) is 1. The molecule has 8 heteroatoms. The second kappa shape index (κ2) is 9.93. The van der Waals surface area contributed by atoms with Gasteiger partial charge in [0.15, 0.2) is 8.32 Å². The SMILES string of the molecule is CCc1c(Sc2ccccc2)n(COCCO[Si](C)(C)C(C)(C)C)c(=O)[nH]c1=O. The van der Waals surface area contributed by atoms with Gasteiger partial charge in [-0.15, -0.1) is 0 Å². The topological polar surface area (TPSA) is 73.3 Å². The summed E-state index contributed by atoms with van der Waals surface area (Å²) in [5.74, 6) is 0. The molecule has 29 heavy (non-hydrogen) atoms. The molecule has 0 aliphatic heterocycles. The maximum absolute atomic E-state index is 12.5. The highest BCUT2D eigenvalue weighted by molar-refractivity contribution is 7.99. The van der Waals surface area contributed by atoms with Crippen LogP contribution in [0, 0.1) is 0 Å². The molecular weight excluding hydrogens is 404 g/mol. The number of rotatable bonds is 9. The summed E-state index contributed by atoms with van der Waals surface area (Å²) in [6.07, 6.45) is 0.527. The maximum atomic E-state index is 12.5. The Morgan fingerprint density at radius 1 is 1.10 bits per heavy atom. The van der Waals surface area contributed by atoms with Gasteiger partial charge in [-0.25, -0.2) is 4.79 Å². The van der Waals surface area contributed by atoms with Gasteiger partial charge in [0.05, 0.1) is 18.2 Å². The Labute approximate surface area is 177 Å². The van der Waals surface area contributed by atoms with E-state index >= 15 is 0 Å². The first kappa shape index (κ1) is 23.7. The summed E-state index contributed by atoms with van der Waals surface area (Å²) in [5.41, 5.74) is -0.219. The molecule has 1 N–H and O–H groups in total. The third-order valence-corrected chi connectivity index (χ3v) is 11.0. The van der Waals surface area contributed by atoms with Crippen molar-refractivity contribution in [1.29, 1.82) is 0 Å². The molecule has 0 fully saturated rings. The molecule has 0 saturated heterocycles. The predicted molar refractivity (Wildman–Crippen MR) is 120 cm³/mol. The quantitative estimate of drug-likeness (QED) is 0.361. The van der Waals surface area contributed by atoms with Gasteiger partial charge >= 0.3 is 5.69 Å². The van der Waals surface area contributed by atoms with Crippen LogP contribution in [0.4, 0.5) is 0 Å². The van der Waals surface area contributed by atoms with Gasteiger partial charge in [0.1, 0.15) is 6.73 Å². The smallest absolute Gasteiger partial charge is 0.331 e. The highest BCUT2D eigenvalue weighted by Gasteiger charge is 2.36. The van der Waals surface area contributed by atoms with Crippen LogP contribution in [0.25, 0.3) is 0 Å². The van der Waals surface area contributed by atoms with Crippen molar-refractivity contribution in [2.75, 3.05) is 13.2 Å². The normalized spacial score (nSPS) is 12.3. The molecule has 0 saturated carbocycles. The maximum Gasteiger partial charge on any atom is 0.331 e. The zero-order valence-electron chi connectivity index (χ0n) is 18.2. The molecular formula is C21H32N2O4SSi. The number of H-pyrrole nitrogens is 1. The van der Waals surface area contributed by atoms with Gasteiger partial charge < -0.3 is 9.16 Å². The van der Waals surface area contributed by atoms with Crippen molar-refractivity contribution in [2.24, 2.45) is 0 Å². The van der Waals surface area contributed by atoms with Crippen LogP contribution >= 0.6 is 11.8 Å². The average Bonchev–Trinajstić information content (AvgIpc) is 2.63. The van der Waals surface area contributed by atoms with E-state index in [0.717, 1.165) is 4.90 Å². The Bertz CT molecular complexity index is 917. The van der Waals surface area contributed by atoms with E-state index in [1.807, 2.05) is 37.3 Å². The van der Waals surface area contributed by atoms with Crippen molar-refractivity contribution >= 4 is 20.1 Å². The van der Waals surface area contributed by atoms with Crippen LogP contribution in [0.1, 0.15) is 33.3 Å². The molecule has 160 valence electrons. The summed E-state index contributed by atoms with van der Waals surface area (Å²) in [6.45, 7) is 13.8. The molecule has 0 amide bonds. The van der Waals surface area contributed by atoms with E-state index in [1.165, 1.54) is 16.3 Å². The zero-order chi connectivity index (χ0) is 21.7. The van der Waals surface area contributed by atoms with Crippen LogP contribution in [-0.2, 0) is 22.3 Å². The van der Waals surface area contributed by atoms with Gasteiger partial charge in [-0.3, -0.25) is 14.3 Å². The fourth-order valence-electron chi connectivity index (χ4n) is 2.47. The van der Waals surface area contributed by atoms with E-state index in [4.69, 9.17) is 9.16 Å². The van der Waals surface area contributed by atoms with Gasteiger partial charge in [-0.1, -0.05) is 57.7 Å². The molecule has 0 unspecified atom stereocenters. The van der Waals surface area contributed by atoms with Crippen molar-refractivity contribution < 1.29 is 9.16 Å². The van der Waals surface area contributed by atoms with Crippen molar-refractivity contribution in [3.8, 4) is 0 Å². The third-order valence-electron chi connectivity index (χ3n) is 5.27. The first-order valence-electron chi connectivity index (χ1n) is 9.87. The van der Waals surface area contributed by atoms with E-state index in [9.17, 15) is 9.59 Å². The Kier molecular flexibility index (Phi) is 8.10. The van der Waals surface area contributed by atoms with Crippen molar-refractivity contribution in [1.82, 2.24) is 9.55 Å². The lowest BCUT2D eigenvalue weighted by Crippen LogP contribution is -2.41. The second-order valence-electron chi connectivity index (χ2n) is 8.39. The highest BCUT2D eigenvalue weighted by atomic mass is 32.2. The van der Waals surface area contributed by atoms with E-state index in [1.54, 1.807) is 0 Å². The molecule has 0 atom stereocenters. The number of benzene rings is 1.